The molecule has 9 heteroatoms. The molecule has 0 fully saturated rings. The molecule has 1 aromatic rings. The second-order valence-corrected chi connectivity index (χ2v) is 8.76. The smallest absolute Gasteiger partial charge is 0.337 e. The minimum absolute atomic E-state index is 0.116. The zero-order chi connectivity index (χ0) is 25.3. The maximum absolute atomic E-state index is 13.7. The van der Waals surface area contributed by atoms with E-state index in [1.54, 1.807) is 32.9 Å². The standard InChI is InChI=1S/C25H31NO8/c1-11(2)34-25(30)19-13(4)26-15-8-12(3)18(24(29)33-7)23(28)21(15)20(19)14-9-16(31-5)22(27)17(10-14)32-6/h9-12,18,20,26-27H,8H2,1-7H3. The molecule has 0 aromatic heterocycles. The number of hydrogen-bond donors (Lipinski definition) is 2. The van der Waals surface area contributed by atoms with Crippen LogP contribution in [0.15, 0.2) is 34.7 Å². The van der Waals surface area contributed by atoms with Gasteiger partial charge in [-0.3, -0.25) is 9.59 Å². The SMILES string of the molecule is COC(=O)C1C(=O)C2=C(CC1C)NC(C)=C(C(=O)OC(C)C)C2c1cc(OC)c(O)c(OC)c1. The van der Waals surface area contributed by atoms with Gasteiger partial charge in [-0.25, -0.2) is 4.79 Å². The molecule has 0 spiro atoms. The molecule has 0 saturated heterocycles. The number of aromatic hydroxyl groups is 1. The van der Waals surface area contributed by atoms with E-state index in [0.29, 0.717) is 23.4 Å². The van der Waals surface area contributed by atoms with Gasteiger partial charge in [0.1, 0.15) is 5.92 Å². The minimum Gasteiger partial charge on any atom is -0.502 e. The first-order valence-corrected chi connectivity index (χ1v) is 11.0. The van der Waals surface area contributed by atoms with Crippen LogP contribution in [0.5, 0.6) is 17.2 Å². The Bertz CT molecular complexity index is 1060. The zero-order valence-corrected chi connectivity index (χ0v) is 20.5. The monoisotopic (exact) mass is 473 g/mol. The molecule has 1 aliphatic carbocycles. The Morgan fingerprint density at radius 1 is 1.12 bits per heavy atom. The zero-order valence-electron chi connectivity index (χ0n) is 20.5. The maximum Gasteiger partial charge on any atom is 0.337 e. The molecule has 0 radical (unpaired) electrons. The second-order valence-electron chi connectivity index (χ2n) is 8.76. The highest BCUT2D eigenvalue weighted by Crippen LogP contribution is 2.48. The fourth-order valence-corrected chi connectivity index (χ4v) is 4.64. The van der Waals surface area contributed by atoms with Crippen molar-refractivity contribution in [3.63, 3.8) is 0 Å². The van der Waals surface area contributed by atoms with Crippen molar-refractivity contribution in [3.05, 3.63) is 40.2 Å². The molecule has 0 saturated carbocycles. The summed E-state index contributed by atoms with van der Waals surface area (Å²) >= 11 is 0. The number of benzene rings is 1. The number of phenolic OH excluding ortho intramolecular Hbond substituents is 1. The van der Waals surface area contributed by atoms with E-state index in [-0.39, 0.29) is 34.3 Å². The Morgan fingerprint density at radius 3 is 2.21 bits per heavy atom. The summed E-state index contributed by atoms with van der Waals surface area (Å²) in [6, 6.07) is 3.10. The van der Waals surface area contributed by atoms with E-state index >= 15 is 0 Å². The summed E-state index contributed by atoms with van der Waals surface area (Å²) in [6.07, 6.45) is 0.0192. The summed E-state index contributed by atoms with van der Waals surface area (Å²) in [7, 11) is 4.02. The molecule has 0 amide bonds. The highest BCUT2D eigenvalue weighted by molar-refractivity contribution is 6.12. The number of carbonyl (C=O) groups excluding carboxylic acids is 3. The number of dihydropyridines is 1. The van der Waals surface area contributed by atoms with Gasteiger partial charge in [0.05, 0.1) is 33.0 Å². The normalized spacial score (nSPS) is 22.2. The number of allylic oxidation sites excluding steroid dienone is 3. The summed E-state index contributed by atoms with van der Waals surface area (Å²) in [5.41, 5.74) is 2.16. The molecule has 2 N–H and O–H groups in total. The van der Waals surface area contributed by atoms with Gasteiger partial charge < -0.3 is 29.4 Å². The van der Waals surface area contributed by atoms with E-state index in [9.17, 15) is 19.5 Å². The Balaban J connectivity index is 2.28. The van der Waals surface area contributed by atoms with Crippen molar-refractivity contribution >= 4 is 17.7 Å². The number of Topliss-reactive ketones (excluding diaryl/α,β-unsaturated/α-hetero) is 1. The highest BCUT2D eigenvalue weighted by Gasteiger charge is 2.47. The van der Waals surface area contributed by atoms with Crippen molar-refractivity contribution in [1.82, 2.24) is 5.32 Å². The van der Waals surface area contributed by atoms with Gasteiger partial charge in [-0.05, 0) is 50.8 Å². The van der Waals surface area contributed by atoms with Crippen LogP contribution in [0, 0.1) is 11.8 Å². The van der Waals surface area contributed by atoms with Gasteiger partial charge in [0, 0.05) is 22.9 Å². The number of esters is 2. The minimum atomic E-state index is -1.00. The van der Waals surface area contributed by atoms with E-state index < -0.39 is 35.7 Å². The lowest BCUT2D eigenvalue weighted by atomic mass is 9.69. The summed E-state index contributed by atoms with van der Waals surface area (Å²) < 4.78 is 21.0. The van der Waals surface area contributed by atoms with Crippen molar-refractivity contribution in [3.8, 4) is 17.2 Å². The first-order valence-electron chi connectivity index (χ1n) is 11.0. The average molecular weight is 474 g/mol. The van der Waals surface area contributed by atoms with Gasteiger partial charge in [0.2, 0.25) is 5.75 Å². The van der Waals surface area contributed by atoms with Crippen molar-refractivity contribution < 1.29 is 38.4 Å². The fourth-order valence-electron chi connectivity index (χ4n) is 4.64. The Labute approximate surface area is 198 Å². The molecule has 3 rings (SSSR count). The van der Waals surface area contributed by atoms with Gasteiger partial charge in [-0.1, -0.05) is 6.92 Å². The van der Waals surface area contributed by atoms with Crippen LogP contribution in [0.1, 0.15) is 45.6 Å². The van der Waals surface area contributed by atoms with Crippen molar-refractivity contribution in [2.24, 2.45) is 11.8 Å². The predicted molar refractivity (Wildman–Crippen MR) is 122 cm³/mol. The molecular weight excluding hydrogens is 442 g/mol. The van der Waals surface area contributed by atoms with Crippen LogP contribution >= 0.6 is 0 Å². The molecule has 3 atom stereocenters. The van der Waals surface area contributed by atoms with Crippen LogP contribution in [0.4, 0.5) is 0 Å². The van der Waals surface area contributed by atoms with Gasteiger partial charge in [0.25, 0.3) is 0 Å². The number of nitrogens with one attached hydrogen (secondary N) is 1. The van der Waals surface area contributed by atoms with E-state index in [0.717, 1.165) is 0 Å². The van der Waals surface area contributed by atoms with Gasteiger partial charge in [-0.2, -0.15) is 0 Å². The Kier molecular flexibility index (Phi) is 7.24. The molecule has 1 aliphatic heterocycles. The summed E-state index contributed by atoms with van der Waals surface area (Å²) in [5.74, 6) is -3.80. The van der Waals surface area contributed by atoms with Gasteiger partial charge in [0.15, 0.2) is 17.3 Å². The van der Waals surface area contributed by atoms with Crippen LogP contribution < -0.4 is 14.8 Å². The van der Waals surface area contributed by atoms with Gasteiger partial charge in [-0.15, -0.1) is 0 Å². The second kappa shape index (κ2) is 9.79. The fraction of sp³-hybridized carbons (Fsp3) is 0.480. The van der Waals surface area contributed by atoms with Crippen molar-refractivity contribution in [1.29, 1.82) is 0 Å². The summed E-state index contributed by atoms with van der Waals surface area (Å²) in [4.78, 5) is 39.5. The van der Waals surface area contributed by atoms with Crippen LogP contribution in [0.3, 0.4) is 0 Å². The van der Waals surface area contributed by atoms with E-state index in [1.165, 1.54) is 21.3 Å². The molecular formula is C25H31NO8. The van der Waals surface area contributed by atoms with E-state index in [2.05, 4.69) is 5.32 Å². The lowest BCUT2D eigenvalue weighted by Crippen LogP contribution is -2.43. The number of phenols is 1. The number of methoxy groups -OCH3 is 3. The molecule has 9 nitrogen and oxygen atoms in total. The molecule has 1 aromatic carbocycles. The molecule has 1 heterocycles. The lowest BCUT2D eigenvalue weighted by Gasteiger charge is -2.38. The predicted octanol–water partition coefficient (Wildman–Crippen LogP) is 2.97. The largest absolute Gasteiger partial charge is 0.502 e. The molecule has 3 unspecified atom stereocenters. The van der Waals surface area contributed by atoms with Gasteiger partial charge >= 0.3 is 11.9 Å². The number of hydrogen-bond acceptors (Lipinski definition) is 9. The van der Waals surface area contributed by atoms with Crippen LogP contribution in [-0.2, 0) is 23.9 Å². The third-order valence-electron chi connectivity index (χ3n) is 6.14. The molecule has 0 bridgehead atoms. The van der Waals surface area contributed by atoms with E-state index in [1.807, 2.05) is 6.92 Å². The van der Waals surface area contributed by atoms with Crippen molar-refractivity contribution in [2.45, 2.75) is 46.1 Å². The number of ether oxygens (including phenoxy) is 4. The summed E-state index contributed by atoms with van der Waals surface area (Å²) in [6.45, 7) is 7.02. The molecule has 184 valence electrons. The van der Waals surface area contributed by atoms with Crippen molar-refractivity contribution in [2.75, 3.05) is 21.3 Å². The quantitative estimate of drug-likeness (QED) is 0.474. The Morgan fingerprint density at radius 2 is 1.71 bits per heavy atom. The third kappa shape index (κ3) is 4.34. The lowest BCUT2D eigenvalue weighted by molar-refractivity contribution is -0.151. The third-order valence-corrected chi connectivity index (χ3v) is 6.14. The Hall–Kier alpha value is -3.49. The average Bonchev–Trinajstić information content (AvgIpc) is 2.77. The van der Waals surface area contributed by atoms with E-state index in [4.69, 9.17) is 18.9 Å². The first kappa shape index (κ1) is 25.1. The number of carbonyl (C=O) groups is 3. The topological polar surface area (TPSA) is 120 Å². The summed E-state index contributed by atoms with van der Waals surface area (Å²) in [5, 5.41) is 13.6. The highest BCUT2D eigenvalue weighted by atomic mass is 16.5. The maximum atomic E-state index is 13.7. The van der Waals surface area contributed by atoms with Crippen LogP contribution in [0.2, 0.25) is 0 Å². The van der Waals surface area contributed by atoms with Crippen LogP contribution in [0.25, 0.3) is 0 Å². The number of ketones is 1. The van der Waals surface area contributed by atoms with Crippen LogP contribution in [-0.4, -0.2) is 50.3 Å². The molecule has 2 aliphatic rings. The number of rotatable bonds is 6. The first-order chi connectivity index (χ1) is 16.0. The molecule has 34 heavy (non-hydrogen) atoms.